The Morgan fingerprint density at radius 1 is 1.24 bits per heavy atom. The molecule has 0 aliphatic heterocycles. The van der Waals surface area contributed by atoms with Gasteiger partial charge in [0.15, 0.2) is 0 Å². The van der Waals surface area contributed by atoms with Gasteiger partial charge in [0.1, 0.15) is 5.75 Å². The molecule has 128 valence electrons. The molecule has 0 atom stereocenters. The second-order valence-corrected chi connectivity index (χ2v) is 6.43. The van der Waals surface area contributed by atoms with Crippen LogP contribution in [0.2, 0.25) is 5.02 Å². The number of hydrogen-bond donors (Lipinski definition) is 1. The number of nitrogens with zero attached hydrogens (tertiary/aromatic N) is 2. The van der Waals surface area contributed by atoms with Crippen LogP contribution in [-0.4, -0.2) is 23.2 Å². The second kappa shape index (κ2) is 7.67. The molecule has 1 heterocycles. The van der Waals surface area contributed by atoms with Gasteiger partial charge < -0.3 is 9.15 Å². The van der Waals surface area contributed by atoms with Gasteiger partial charge in [-0.05, 0) is 35.9 Å². The zero-order valence-electron chi connectivity index (χ0n) is 13.1. The monoisotopic (exact) mass is 421 g/mol. The Balaban J connectivity index is 1.68. The first kappa shape index (κ1) is 17.4. The molecular weight excluding hydrogens is 410 g/mol. The number of carbonyl (C=O) groups excluding carboxylic acids is 1. The highest BCUT2D eigenvalue weighted by atomic mass is 79.9. The maximum atomic E-state index is 12.3. The lowest BCUT2D eigenvalue weighted by Crippen LogP contribution is -2.12. The summed E-state index contributed by atoms with van der Waals surface area (Å²) in [5, 5.41) is 10.6. The first-order chi connectivity index (χ1) is 12.0. The molecule has 0 bridgehead atoms. The van der Waals surface area contributed by atoms with E-state index < -0.39 is 5.91 Å². The quantitative estimate of drug-likeness (QED) is 0.662. The molecule has 0 aliphatic carbocycles. The number of benzene rings is 2. The fourth-order valence-corrected chi connectivity index (χ4v) is 2.69. The second-order valence-electron chi connectivity index (χ2n) is 5.10. The number of aromatic nitrogens is 2. The molecule has 1 N–H and O–H groups in total. The summed E-state index contributed by atoms with van der Waals surface area (Å²) in [6.45, 7) is 0. The number of methoxy groups -OCH3 is 1. The fraction of sp³-hybridized carbons (Fsp3) is 0.118. The topological polar surface area (TPSA) is 77.3 Å². The van der Waals surface area contributed by atoms with Crippen LogP contribution in [0.5, 0.6) is 5.75 Å². The van der Waals surface area contributed by atoms with Crippen molar-refractivity contribution >= 4 is 39.5 Å². The number of hydrogen-bond acceptors (Lipinski definition) is 5. The number of ether oxygens (including phenoxy) is 1. The Hall–Kier alpha value is -2.38. The van der Waals surface area contributed by atoms with E-state index in [1.807, 2.05) is 24.3 Å². The molecule has 1 amide bonds. The van der Waals surface area contributed by atoms with Gasteiger partial charge in [0.25, 0.3) is 5.91 Å². The maximum absolute atomic E-state index is 12.3. The molecule has 0 unspecified atom stereocenters. The molecule has 3 aromatic rings. The van der Waals surface area contributed by atoms with Crippen LogP contribution in [0, 0.1) is 0 Å². The Morgan fingerprint density at radius 3 is 2.72 bits per heavy atom. The summed E-state index contributed by atoms with van der Waals surface area (Å²) in [5.41, 5.74) is 1.29. The van der Waals surface area contributed by atoms with Crippen LogP contribution >= 0.6 is 27.5 Å². The number of carbonyl (C=O) groups is 1. The molecule has 1 aromatic heterocycles. The van der Waals surface area contributed by atoms with Crippen molar-refractivity contribution in [2.45, 2.75) is 6.42 Å². The van der Waals surface area contributed by atoms with Crippen molar-refractivity contribution in [3.05, 3.63) is 69.0 Å². The zero-order chi connectivity index (χ0) is 17.8. The predicted octanol–water partition coefficient (Wildman–Crippen LogP) is 4.34. The lowest BCUT2D eigenvalue weighted by Gasteiger charge is -2.03. The molecule has 8 heteroatoms. The van der Waals surface area contributed by atoms with Crippen LogP contribution in [0.25, 0.3) is 0 Å². The average Bonchev–Trinajstić information content (AvgIpc) is 3.04. The van der Waals surface area contributed by atoms with Gasteiger partial charge in [0.2, 0.25) is 5.89 Å². The Labute approximate surface area is 157 Å². The molecule has 6 nitrogen and oxygen atoms in total. The van der Waals surface area contributed by atoms with E-state index in [9.17, 15) is 4.79 Å². The van der Waals surface area contributed by atoms with E-state index in [0.717, 1.165) is 15.8 Å². The maximum Gasteiger partial charge on any atom is 0.322 e. The largest absolute Gasteiger partial charge is 0.497 e. The summed E-state index contributed by atoms with van der Waals surface area (Å²) in [7, 11) is 1.61. The SMILES string of the molecule is COc1ccc(Cc2nnc(NC(=O)c3cc(Br)ccc3Cl)o2)cc1. The smallest absolute Gasteiger partial charge is 0.322 e. The van der Waals surface area contributed by atoms with Crippen LogP contribution < -0.4 is 10.1 Å². The van der Waals surface area contributed by atoms with Crippen LogP contribution in [0.3, 0.4) is 0 Å². The molecule has 25 heavy (non-hydrogen) atoms. The number of amides is 1. The minimum absolute atomic E-state index is 0.0181. The highest BCUT2D eigenvalue weighted by Gasteiger charge is 2.15. The van der Waals surface area contributed by atoms with Gasteiger partial charge in [-0.25, -0.2) is 0 Å². The Kier molecular flexibility index (Phi) is 5.35. The third-order valence-corrected chi connectivity index (χ3v) is 4.20. The van der Waals surface area contributed by atoms with Gasteiger partial charge in [-0.3, -0.25) is 10.1 Å². The minimum Gasteiger partial charge on any atom is -0.497 e. The van der Waals surface area contributed by atoms with E-state index in [0.29, 0.717) is 22.9 Å². The summed E-state index contributed by atoms with van der Waals surface area (Å²) in [6, 6.07) is 12.5. The predicted molar refractivity (Wildman–Crippen MR) is 97.2 cm³/mol. The molecule has 3 rings (SSSR count). The molecule has 0 aliphatic rings. The van der Waals surface area contributed by atoms with Crippen molar-refractivity contribution in [1.82, 2.24) is 10.2 Å². The minimum atomic E-state index is -0.425. The third kappa shape index (κ3) is 4.37. The summed E-state index contributed by atoms with van der Waals surface area (Å²) in [5.74, 6) is 0.736. The summed E-state index contributed by atoms with van der Waals surface area (Å²) < 4.78 is 11.3. The number of halogens is 2. The summed E-state index contributed by atoms with van der Waals surface area (Å²) in [6.07, 6.45) is 0.449. The number of rotatable bonds is 5. The van der Waals surface area contributed by atoms with E-state index in [4.69, 9.17) is 20.8 Å². The van der Waals surface area contributed by atoms with Crippen LogP contribution in [0.15, 0.2) is 51.4 Å². The van der Waals surface area contributed by atoms with Gasteiger partial charge in [-0.2, -0.15) is 0 Å². The number of anilines is 1. The fourth-order valence-electron chi connectivity index (χ4n) is 2.13. The lowest BCUT2D eigenvalue weighted by atomic mass is 10.1. The highest BCUT2D eigenvalue weighted by Crippen LogP contribution is 2.22. The molecular formula is C17H13BrClN3O3. The Bertz CT molecular complexity index is 896. The van der Waals surface area contributed by atoms with E-state index >= 15 is 0 Å². The van der Waals surface area contributed by atoms with Gasteiger partial charge in [0, 0.05) is 4.47 Å². The van der Waals surface area contributed by atoms with Crippen molar-refractivity contribution in [3.63, 3.8) is 0 Å². The van der Waals surface area contributed by atoms with Crippen molar-refractivity contribution in [2.75, 3.05) is 12.4 Å². The van der Waals surface area contributed by atoms with E-state index in [1.54, 1.807) is 25.3 Å². The van der Waals surface area contributed by atoms with Crippen molar-refractivity contribution in [2.24, 2.45) is 0 Å². The first-order valence-electron chi connectivity index (χ1n) is 7.27. The molecule has 0 saturated heterocycles. The number of nitrogens with one attached hydrogen (secondary N) is 1. The van der Waals surface area contributed by atoms with Gasteiger partial charge in [-0.15, -0.1) is 5.10 Å². The highest BCUT2D eigenvalue weighted by molar-refractivity contribution is 9.10. The van der Waals surface area contributed by atoms with Gasteiger partial charge in [-0.1, -0.05) is 44.8 Å². The molecule has 0 spiro atoms. The standard InChI is InChI=1S/C17H13BrClN3O3/c1-24-12-5-2-10(3-6-12)8-15-21-22-17(25-15)20-16(23)13-9-11(18)4-7-14(13)19/h2-7,9H,8H2,1H3,(H,20,22,23). The summed E-state index contributed by atoms with van der Waals surface area (Å²) in [4.78, 5) is 12.3. The lowest BCUT2D eigenvalue weighted by molar-refractivity contribution is 0.102. The zero-order valence-corrected chi connectivity index (χ0v) is 15.5. The van der Waals surface area contributed by atoms with Crippen LogP contribution in [-0.2, 0) is 6.42 Å². The van der Waals surface area contributed by atoms with Crippen LogP contribution in [0.1, 0.15) is 21.8 Å². The first-order valence-corrected chi connectivity index (χ1v) is 8.44. The summed E-state index contributed by atoms with van der Waals surface area (Å²) >= 11 is 9.34. The molecule has 0 radical (unpaired) electrons. The van der Waals surface area contributed by atoms with E-state index in [1.165, 1.54) is 0 Å². The van der Waals surface area contributed by atoms with Gasteiger partial charge >= 0.3 is 6.01 Å². The van der Waals surface area contributed by atoms with Crippen molar-refractivity contribution in [3.8, 4) is 5.75 Å². The Morgan fingerprint density at radius 2 is 2.00 bits per heavy atom. The van der Waals surface area contributed by atoms with E-state index in [2.05, 4.69) is 31.4 Å². The van der Waals surface area contributed by atoms with Gasteiger partial charge in [0.05, 0.1) is 24.1 Å². The normalized spacial score (nSPS) is 10.5. The third-order valence-electron chi connectivity index (χ3n) is 3.37. The van der Waals surface area contributed by atoms with E-state index in [-0.39, 0.29) is 6.01 Å². The molecule has 0 fully saturated rings. The molecule has 0 saturated carbocycles. The van der Waals surface area contributed by atoms with Crippen LogP contribution in [0.4, 0.5) is 6.01 Å². The van der Waals surface area contributed by atoms with Crippen molar-refractivity contribution in [1.29, 1.82) is 0 Å². The average molecular weight is 423 g/mol. The van der Waals surface area contributed by atoms with Crippen molar-refractivity contribution < 1.29 is 13.9 Å². The molecule has 2 aromatic carbocycles.